The highest BCUT2D eigenvalue weighted by atomic mass is 16.7. The molecule has 1 unspecified atom stereocenters. The number of carbonyl (C=O) groups is 2. The Labute approximate surface area is 128 Å². The van der Waals surface area contributed by atoms with Crippen molar-refractivity contribution in [1.29, 1.82) is 0 Å². The third kappa shape index (κ3) is 4.28. The molecule has 0 bridgehead atoms. The van der Waals surface area contributed by atoms with E-state index in [-0.39, 0.29) is 0 Å². The summed E-state index contributed by atoms with van der Waals surface area (Å²) in [6.45, 7) is 5.78. The Morgan fingerprint density at radius 1 is 1.27 bits per heavy atom. The number of alkyl carbamates (subject to hydrolysis) is 1. The lowest BCUT2D eigenvalue weighted by Gasteiger charge is -2.19. The van der Waals surface area contributed by atoms with Gasteiger partial charge in [0.05, 0.1) is 0 Å². The molecule has 0 aliphatic carbocycles. The Balaban J connectivity index is 1.85. The fourth-order valence-electron chi connectivity index (χ4n) is 1.88. The summed E-state index contributed by atoms with van der Waals surface area (Å²) < 4.78 is 15.4. The van der Waals surface area contributed by atoms with Crippen LogP contribution in [0, 0.1) is 0 Å². The number of carbonyl (C=O) groups excluding carboxylic acids is 1. The maximum atomic E-state index is 11.5. The lowest BCUT2D eigenvalue weighted by atomic mass is 10.1. The number of aliphatic carboxylic acids is 1. The van der Waals surface area contributed by atoms with Gasteiger partial charge in [-0.2, -0.15) is 0 Å². The Kier molecular flexibility index (Phi) is 4.44. The van der Waals surface area contributed by atoms with Crippen LogP contribution in [0.1, 0.15) is 26.3 Å². The minimum Gasteiger partial charge on any atom is -0.476 e. The molecule has 0 saturated heterocycles. The van der Waals surface area contributed by atoms with Gasteiger partial charge in [0.25, 0.3) is 0 Å². The summed E-state index contributed by atoms with van der Waals surface area (Å²) in [4.78, 5) is 22.3. The molecule has 1 aliphatic rings. The number of hydrogen-bond donors (Lipinski definition) is 2. The largest absolute Gasteiger partial charge is 0.476 e. The van der Waals surface area contributed by atoms with Crippen LogP contribution in [0.2, 0.25) is 0 Å². The first kappa shape index (κ1) is 15.9. The lowest BCUT2D eigenvalue weighted by Crippen LogP contribution is -2.33. The molecule has 1 heterocycles. The molecule has 0 aromatic heterocycles. The van der Waals surface area contributed by atoms with Gasteiger partial charge in [-0.15, -0.1) is 0 Å². The molecule has 1 atom stereocenters. The van der Waals surface area contributed by atoms with Gasteiger partial charge in [-0.1, -0.05) is 6.07 Å². The van der Waals surface area contributed by atoms with Gasteiger partial charge in [0, 0.05) is 6.54 Å². The molecule has 120 valence electrons. The maximum Gasteiger partial charge on any atom is 0.407 e. The maximum absolute atomic E-state index is 11.5. The monoisotopic (exact) mass is 309 g/mol. The highest BCUT2D eigenvalue weighted by Gasteiger charge is 2.30. The molecule has 7 heteroatoms. The molecule has 1 aromatic carbocycles. The zero-order chi connectivity index (χ0) is 16.3. The lowest BCUT2D eigenvalue weighted by molar-refractivity contribution is -0.154. The fraction of sp³-hybridized carbons (Fsp3) is 0.467. The Bertz CT molecular complexity index is 578. The standard InChI is InChI=1S/C15H19NO6/c1-15(2,3)22-14(19)16-7-6-9-4-5-10-11(8-9)21-13(20-10)12(17)18/h4-5,8,13H,6-7H2,1-3H3,(H,16,19)(H,17,18). The number of rotatable bonds is 4. The summed E-state index contributed by atoms with van der Waals surface area (Å²) in [6.07, 6.45) is -1.21. The zero-order valence-electron chi connectivity index (χ0n) is 12.7. The minimum absolute atomic E-state index is 0.391. The van der Waals surface area contributed by atoms with E-state index in [0.717, 1.165) is 5.56 Å². The first-order chi connectivity index (χ1) is 10.2. The van der Waals surface area contributed by atoms with E-state index >= 15 is 0 Å². The van der Waals surface area contributed by atoms with E-state index in [4.69, 9.17) is 19.3 Å². The van der Waals surface area contributed by atoms with Crippen LogP contribution in [0.25, 0.3) is 0 Å². The molecular formula is C15H19NO6. The van der Waals surface area contributed by atoms with Gasteiger partial charge in [0.2, 0.25) is 0 Å². The number of carboxylic acid groups (broad SMARTS) is 1. The number of hydrogen-bond acceptors (Lipinski definition) is 5. The second-order valence-corrected chi connectivity index (χ2v) is 5.87. The predicted molar refractivity (Wildman–Crippen MR) is 77.1 cm³/mol. The van der Waals surface area contributed by atoms with Crippen molar-refractivity contribution < 1.29 is 28.9 Å². The van der Waals surface area contributed by atoms with Crippen molar-refractivity contribution in [2.45, 2.75) is 39.1 Å². The highest BCUT2D eigenvalue weighted by Crippen LogP contribution is 2.35. The van der Waals surface area contributed by atoms with Crippen molar-refractivity contribution in [1.82, 2.24) is 5.32 Å². The molecule has 1 aromatic rings. The van der Waals surface area contributed by atoms with E-state index < -0.39 is 24.0 Å². The summed E-state index contributed by atoms with van der Waals surface area (Å²) in [5.74, 6) is -0.386. The smallest absolute Gasteiger partial charge is 0.407 e. The SMILES string of the molecule is CC(C)(C)OC(=O)NCCc1ccc2c(c1)OC(C(=O)O)O2. The van der Waals surface area contributed by atoms with Gasteiger partial charge in [0.15, 0.2) is 11.5 Å². The number of carboxylic acids is 1. The number of fused-ring (bicyclic) bond motifs is 1. The molecule has 0 saturated carbocycles. The van der Waals surface area contributed by atoms with Gasteiger partial charge >= 0.3 is 18.4 Å². The normalized spacial score (nSPS) is 16.2. The molecule has 2 N–H and O–H groups in total. The van der Waals surface area contributed by atoms with Crippen molar-refractivity contribution in [3.63, 3.8) is 0 Å². The first-order valence-electron chi connectivity index (χ1n) is 6.90. The van der Waals surface area contributed by atoms with E-state index in [1.54, 1.807) is 39.0 Å². The number of amides is 1. The van der Waals surface area contributed by atoms with Crippen LogP contribution >= 0.6 is 0 Å². The highest BCUT2D eigenvalue weighted by molar-refractivity contribution is 5.73. The van der Waals surface area contributed by atoms with Crippen LogP contribution < -0.4 is 14.8 Å². The third-order valence-electron chi connectivity index (χ3n) is 2.76. The molecule has 0 fully saturated rings. The van der Waals surface area contributed by atoms with Crippen molar-refractivity contribution in [2.75, 3.05) is 6.54 Å². The molecule has 0 spiro atoms. The molecule has 1 amide bonds. The second-order valence-electron chi connectivity index (χ2n) is 5.87. The molecule has 22 heavy (non-hydrogen) atoms. The summed E-state index contributed by atoms with van der Waals surface area (Å²) in [5.41, 5.74) is 0.360. The Morgan fingerprint density at radius 3 is 2.59 bits per heavy atom. The van der Waals surface area contributed by atoms with Gasteiger partial charge in [-0.3, -0.25) is 0 Å². The van der Waals surface area contributed by atoms with E-state index in [2.05, 4.69) is 5.32 Å². The minimum atomic E-state index is -1.30. The topological polar surface area (TPSA) is 94.1 Å². The Hall–Kier alpha value is -2.44. The predicted octanol–water partition coefficient (Wildman–Crippen LogP) is 1.94. The van der Waals surface area contributed by atoms with Gasteiger partial charge in [0.1, 0.15) is 5.60 Å². The van der Waals surface area contributed by atoms with Crippen molar-refractivity contribution in [2.24, 2.45) is 0 Å². The van der Waals surface area contributed by atoms with E-state index in [9.17, 15) is 9.59 Å². The van der Waals surface area contributed by atoms with Crippen LogP contribution in [0.3, 0.4) is 0 Å². The summed E-state index contributed by atoms with van der Waals surface area (Å²) >= 11 is 0. The first-order valence-corrected chi connectivity index (χ1v) is 6.90. The summed E-state index contributed by atoms with van der Waals surface area (Å²) in [6, 6.07) is 5.15. The van der Waals surface area contributed by atoms with Crippen molar-refractivity contribution in [3.8, 4) is 11.5 Å². The molecule has 2 rings (SSSR count). The van der Waals surface area contributed by atoms with Gasteiger partial charge < -0.3 is 24.6 Å². The molecular weight excluding hydrogens is 290 g/mol. The van der Waals surface area contributed by atoms with Gasteiger partial charge in [-0.25, -0.2) is 9.59 Å². The van der Waals surface area contributed by atoms with E-state index in [1.807, 2.05) is 0 Å². The number of benzene rings is 1. The summed E-state index contributed by atoms with van der Waals surface area (Å²) in [5, 5.41) is 11.5. The van der Waals surface area contributed by atoms with Gasteiger partial charge in [-0.05, 0) is 44.9 Å². The average molecular weight is 309 g/mol. The van der Waals surface area contributed by atoms with Crippen LogP contribution in [0.5, 0.6) is 11.5 Å². The van der Waals surface area contributed by atoms with E-state index in [1.165, 1.54) is 0 Å². The number of nitrogens with one attached hydrogen (secondary N) is 1. The zero-order valence-corrected chi connectivity index (χ0v) is 12.7. The molecule has 0 radical (unpaired) electrons. The van der Waals surface area contributed by atoms with Crippen LogP contribution in [0.15, 0.2) is 18.2 Å². The van der Waals surface area contributed by atoms with Crippen LogP contribution in [-0.2, 0) is 16.0 Å². The van der Waals surface area contributed by atoms with Crippen molar-refractivity contribution in [3.05, 3.63) is 23.8 Å². The van der Waals surface area contributed by atoms with Crippen LogP contribution in [0.4, 0.5) is 4.79 Å². The number of ether oxygens (including phenoxy) is 3. The third-order valence-corrected chi connectivity index (χ3v) is 2.76. The Morgan fingerprint density at radius 2 is 1.95 bits per heavy atom. The molecule has 7 nitrogen and oxygen atoms in total. The second kappa shape index (κ2) is 6.13. The summed E-state index contributed by atoms with van der Waals surface area (Å²) in [7, 11) is 0. The van der Waals surface area contributed by atoms with Crippen LogP contribution in [-0.4, -0.2) is 35.6 Å². The van der Waals surface area contributed by atoms with E-state index in [0.29, 0.717) is 24.5 Å². The van der Waals surface area contributed by atoms with Crippen molar-refractivity contribution >= 4 is 12.1 Å². The molecule has 1 aliphatic heterocycles. The quantitative estimate of drug-likeness (QED) is 0.882. The average Bonchev–Trinajstić information content (AvgIpc) is 2.79. The fourth-order valence-corrected chi connectivity index (χ4v) is 1.88.